The van der Waals surface area contributed by atoms with Crippen LogP contribution in [0.15, 0.2) is 334 Å². The van der Waals surface area contributed by atoms with Crippen molar-refractivity contribution in [3.8, 4) is 78.4 Å². The molecule has 0 radical (unpaired) electrons. The summed E-state index contributed by atoms with van der Waals surface area (Å²) in [5, 5.41) is 0. The Bertz CT molecular complexity index is 3680. The zero-order chi connectivity index (χ0) is 62.9. The predicted molar refractivity (Wildman–Crippen MR) is 359 cm³/mol. The highest BCUT2D eigenvalue weighted by molar-refractivity contribution is 5.74. The summed E-state index contributed by atoms with van der Waals surface area (Å²) >= 11 is 0. The van der Waals surface area contributed by atoms with Gasteiger partial charge in [0.25, 0.3) is 0 Å². The molecule has 3 nitrogen and oxygen atoms in total. The van der Waals surface area contributed by atoms with Crippen molar-refractivity contribution in [1.82, 2.24) is 15.0 Å². The van der Waals surface area contributed by atoms with E-state index < -0.39 is 0 Å². The number of aryl methyl sites for hydroxylation is 5. The third-order valence-corrected chi connectivity index (χ3v) is 13.1. The Balaban J connectivity index is 0.000000141. The van der Waals surface area contributed by atoms with Gasteiger partial charge in [-0.05, 0) is 110 Å². The second-order valence-electron chi connectivity index (χ2n) is 20.0. The first-order valence-electron chi connectivity index (χ1n) is 30.7. The van der Waals surface area contributed by atoms with Crippen molar-refractivity contribution in [3.05, 3.63) is 367 Å². The van der Waals surface area contributed by atoms with Crippen LogP contribution in [0.1, 0.15) is 40.5 Å². The summed E-state index contributed by atoms with van der Waals surface area (Å²) in [4.78, 5) is 13.8. The minimum Gasteiger partial charge on any atom is -0.248 e. The Labute approximate surface area is 506 Å². The fourth-order valence-electron chi connectivity index (χ4n) is 8.86. The smallest absolute Gasteiger partial charge is 0.126 e. The zero-order valence-corrected chi connectivity index (χ0v) is 48.7. The normalized spacial score (nSPS) is 10.9. The minimum atomic E-state index is -0.337. The summed E-state index contributed by atoms with van der Waals surface area (Å²) in [5.74, 6) is 0.792. The molecule has 0 amide bonds. The molecule has 13 rings (SSSR count). The van der Waals surface area contributed by atoms with Crippen LogP contribution in [0, 0.1) is 41.5 Å². The van der Waals surface area contributed by atoms with Crippen molar-refractivity contribution in [1.29, 1.82) is 0 Å². The first-order valence-corrected chi connectivity index (χ1v) is 28.2. The summed E-state index contributed by atoms with van der Waals surface area (Å²) in [5.41, 5.74) is 21.6. The lowest BCUT2D eigenvalue weighted by molar-refractivity contribution is 1.06. The van der Waals surface area contributed by atoms with E-state index in [9.17, 15) is 0 Å². The fourth-order valence-corrected chi connectivity index (χ4v) is 8.86. The van der Waals surface area contributed by atoms with Crippen LogP contribution in [0.5, 0.6) is 0 Å². The standard InChI is InChI=1S/C19H16.C18H15N.C17H14N2.C13H12.2C7H8/c1-15-12-18(16-8-4-2-5-9-16)14-19(13-15)17-10-6-3-7-11-17;1-14-12-17(15-8-4-2-5-9-15)19-18(13-14)16-10-6-3-7-11-16;1-13-18-16(14-8-4-2-5-9-14)12-17(19-13)15-10-6-3-7-11-15;1-11-7-9-13(10-8-11)12-5-3-2-4-6-12;2*1-7-5-3-2-4-6-7/h2-14H,1H3;2-13H,1H3;2-12H,1H3;2-10H,1H3;2*2-6H,1H3/i;;;;2D,3D,4D,5D,6D;. The Kier molecular flexibility index (Phi) is 20.3. The molecule has 84 heavy (non-hydrogen) atoms. The van der Waals surface area contributed by atoms with Gasteiger partial charge in [0.1, 0.15) is 5.82 Å². The molecule has 0 aliphatic rings. The molecule has 0 saturated heterocycles. The summed E-state index contributed by atoms with van der Waals surface area (Å²) in [6.45, 7) is 11.9. The molecule has 0 aliphatic carbocycles. The van der Waals surface area contributed by atoms with Gasteiger partial charge in [-0.2, -0.15) is 0 Å². The molecule has 0 atom stereocenters. The van der Waals surface area contributed by atoms with Crippen LogP contribution in [0.25, 0.3) is 78.4 Å². The van der Waals surface area contributed by atoms with E-state index >= 15 is 0 Å². The van der Waals surface area contributed by atoms with E-state index in [1.54, 1.807) is 0 Å². The third kappa shape index (κ3) is 19.4. The van der Waals surface area contributed by atoms with Gasteiger partial charge in [0, 0.05) is 22.3 Å². The first kappa shape index (κ1) is 53.0. The molecule has 13 aromatic rings. The van der Waals surface area contributed by atoms with E-state index in [2.05, 4.69) is 238 Å². The zero-order valence-electron chi connectivity index (χ0n) is 53.7. The molecule has 0 bridgehead atoms. The van der Waals surface area contributed by atoms with Crippen molar-refractivity contribution in [3.63, 3.8) is 0 Å². The van der Waals surface area contributed by atoms with Crippen LogP contribution in [0.3, 0.4) is 0 Å². The van der Waals surface area contributed by atoms with Crippen molar-refractivity contribution in [2.75, 3.05) is 0 Å². The second-order valence-corrected chi connectivity index (χ2v) is 20.0. The molecule has 0 aliphatic heterocycles. The molecule has 0 N–H and O–H groups in total. The summed E-state index contributed by atoms with van der Waals surface area (Å²) in [6, 6.07) is 103. The Morgan fingerprint density at radius 3 is 0.810 bits per heavy atom. The molecule has 2 heterocycles. The van der Waals surface area contributed by atoms with E-state index in [0.29, 0.717) is 5.56 Å². The van der Waals surface area contributed by atoms with Crippen molar-refractivity contribution >= 4 is 0 Å². The maximum absolute atomic E-state index is 7.31. The van der Waals surface area contributed by atoms with Gasteiger partial charge in [-0.15, -0.1) is 0 Å². The van der Waals surface area contributed by atoms with Gasteiger partial charge in [-0.1, -0.05) is 326 Å². The van der Waals surface area contributed by atoms with E-state index in [4.69, 9.17) is 11.8 Å². The molecule has 0 spiro atoms. The van der Waals surface area contributed by atoms with Gasteiger partial charge in [0.2, 0.25) is 0 Å². The lowest BCUT2D eigenvalue weighted by Crippen LogP contribution is -1.94. The van der Waals surface area contributed by atoms with Crippen molar-refractivity contribution in [2.45, 2.75) is 41.5 Å². The molecule has 2 aromatic heterocycles. The number of hydrogen-bond donors (Lipinski definition) is 0. The maximum atomic E-state index is 7.31. The topological polar surface area (TPSA) is 38.7 Å². The molecular weight excluding hydrogens is 1010 g/mol. The Morgan fingerprint density at radius 1 is 0.202 bits per heavy atom. The van der Waals surface area contributed by atoms with Crippen LogP contribution in [0.2, 0.25) is 0 Å². The molecule has 0 saturated carbocycles. The molecular formula is C81H73N3. The third-order valence-electron chi connectivity index (χ3n) is 13.1. The number of nitrogens with zero attached hydrogens (tertiary/aromatic N) is 3. The number of benzene rings is 11. The lowest BCUT2D eigenvalue weighted by atomic mass is 9.97. The van der Waals surface area contributed by atoms with Gasteiger partial charge in [-0.3, -0.25) is 0 Å². The first-order chi connectivity index (χ1) is 43.2. The summed E-state index contributed by atoms with van der Waals surface area (Å²) < 4.78 is 36.3. The Morgan fingerprint density at radius 2 is 0.476 bits per heavy atom. The van der Waals surface area contributed by atoms with Gasteiger partial charge in [0.05, 0.1) is 29.6 Å². The van der Waals surface area contributed by atoms with Crippen molar-refractivity contribution in [2.24, 2.45) is 0 Å². The largest absolute Gasteiger partial charge is 0.248 e. The average Bonchev–Trinajstić information content (AvgIpc) is 3.78. The highest BCUT2D eigenvalue weighted by Gasteiger charge is 2.08. The van der Waals surface area contributed by atoms with Crippen LogP contribution in [-0.4, -0.2) is 15.0 Å². The minimum absolute atomic E-state index is 0.124. The molecule has 0 unspecified atom stereocenters. The fraction of sp³-hybridized carbons (Fsp3) is 0.0741. The average molecular weight is 1090 g/mol. The van der Waals surface area contributed by atoms with Gasteiger partial charge in [0.15, 0.2) is 0 Å². The van der Waals surface area contributed by atoms with Crippen molar-refractivity contribution < 1.29 is 6.85 Å². The monoisotopic (exact) mass is 1090 g/mol. The van der Waals surface area contributed by atoms with Gasteiger partial charge < -0.3 is 0 Å². The van der Waals surface area contributed by atoms with E-state index in [1.807, 2.05) is 110 Å². The van der Waals surface area contributed by atoms with E-state index in [0.717, 1.165) is 50.9 Å². The second kappa shape index (κ2) is 32.2. The highest BCUT2D eigenvalue weighted by atomic mass is 14.9. The van der Waals surface area contributed by atoms with E-state index in [1.165, 1.54) is 62.6 Å². The summed E-state index contributed by atoms with van der Waals surface area (Å²) in [7, 11) is 0. The molecule has 412 valence electrons. The number of hydrogen-bond acceptors (Lipinski definition) is 3. The van der Waals surface area contributed by atoms with Crippen LogP contribution < -0.4 is 0 Å². The quantitative estimate of drug-likeness (QED) is 0.160. The van der Waals surface area contributed by atoms with Crippen LogP contribution >= 0.6 is 0 Å². The lowest BCUT2D eigenvalue weighted by Gasteiger charge is -2.08. The molecule has 0 fully saturated rings. The van der Waals surface area contributed by atoms with Gasteiger partial charge >= 0.3 is 0 Å². The number of rotatable bonds is 7. The number of aromatic nitrogens is 3. The summed E-state index contributed by atoms with van der Waals surface area (Å²) in [6.07, 6.45) is 0. The Hall–Kier alpha value is -10.4. The predicted octanol–water partition coefficient (Wildman–Crippen LogP) is 21.8. The molecule has 11 aromatic carbocycles. The SMILES string of the molecule is Cc1cc(-c2ccccc2)cc(-c2ccccc2)c1.Cc1cc(-c2ccccc2)nc(-c2ccccc2)c1.Cc1ccc(-c2ccccc2)cc1.Cc1ccccc1.Cc1nc(-c2ccccc2)cc(-c2ccccc2)n1.[2H]c1c([2H])c([2H])c(C)c([2H])c1[2H]. The molecule has 3 heteroatoms. The van der Waals surface area contributed by atoms with Crippen LogP contribution in [-0.2, 0) is 0 Å². The highest BCUT2D eigenvalue weighted by Crippen LogP contribution is 2.29. The van der Waals surface area contributed by atoms with E-state index in [-0.39, 0.29) is 30.2 Å². The maximum Gasteiger partial charge on any atom is 0.126 e. The van der Waals surface area contributed by atoms with Crippen LogP contribution in [0.4, 0.5) is 0 Å². The van der Waals surface area contributed by atoms with Gasteiger partial charge in [-0.25, -0.2) is 15.0 Å². The number of pyridine rings is 1.